The summed E-state index contributed by atoms with van der Waals surface area (Å²) in [7, 11) is 0. The normalized spacial score (nSPS) is 26.0. The molecule has 1 aliphatic carbocycles. The summed E-state index contributed by atoms with van der Waals surface area (Å²) in [6.45, 7) is 13.8. The molecule has 1 nitrogen and oxygen atoms in total. The van der Waals surface area contributed by atoms with Crippen LogP contribution in [0.2, 0.25) is 0 Å². The topological polar surface area (TPSA) is 3.24 Å². The van der Waals surface area contributed by atoms with Crippen LogP contribution in [0.1, 0.15) is 60.3 Å². The summed E-state index contributed by atoms with van der Waals surface area (Å²) in [5, 5.41) is 0. The van der Waals surface area contributed by atoms with E-state index in [2.05, 4.69) is 25.7 Å². The molecule has 90 valence electrons. The van der Waals surface area contributed by atoms with Gasteiger partial charge in [-0.05, 0) is 38.0 Å². The number of hydrogen-bond donors (Lipinski definition) is 0. The van der Waals surface area contributed by atoms with Gasteiger partial charge in [0, 0.05) is 19.1 Å². The van der Waals surface area contributed by atoms with Crippen LogP contribution in [0.5, 0.6) is 0 Å². The van der Waals surface area contributed by atoms with Crippen LogP contribution in [0.3, 0.4) is 0 Å². The maximum absolute atomic E-state index is 2.62. The average Bonchev–Trinajstić information content (AvgIpc) is 2.19. The Morgan fingerprint density at radius 3 is 1.93 bits per heavy atom. The number of hydrogen-bond acceptors (Lipinski definition) is 1. The van der Waals surface area contributed by atoms with E-state index in [1.54, 1.807) is 0 Å². The Balaban J connectivity index is 0.000000531. The van der Waals surface area contributed by atoms with Crippen LogP contribution < -0.4 is 0 Å². The van der Waals surface area contributed by atoms with Gasteiger partial charge in [-0.15, -0.1) is 0 Å². The van der Waals surface area contributed by atoms with Crippen molar-refractivity contribution in [1.29, 1.82) is 0 Å². The Kier molecular flexibility index (Phi) is 4.64. The molecule has 0 N–H and O–H groups in total. The molecule has 0 aromatic carbocycles. The highest BCUT2D eigenvalue weighted by Crippen LogP contribution is 2.45. The van der Waals surface area contributed by atoms with E-state index in [0.29, 0.717) is 0 Å². The molecule has 0 aromatic rings. The van der Waals surface area contributed by atoms with E-state index in [1.165, 1.54) is 38.8 Å². The lowest BCUT2D eigenvalue weighted by atomic mass is 9.66. The molecule has 0 unspecified atom stereocenters. The van der Waals surface area contributed by atoms with Crippen molar-refractivity contribution >= 4 is 0 Å². The fourth-order valence-electron chi connectivity index (χ4n) is 2.87. The van der Waals surface area contributed by atoms with Crippen LogP contribution in [-0.2, 0) is 0 Å². The monoisotopic (exact) mass is 211 g/mol. The molecule has 15 heavy (non-hydrogen) atoms. The van der Waals surface area contributed by atoms with E-state index in [4.69, 9.17) is 0 Å². The SMILES string of the molecule is CC.CC1CCC2(CC1)CN(C(C)C)C2. The van der Waals surface area contributed by atoms with Gasteiger partial charge in [-0.3, -0.25) is 4.90 Å². The number of rotatable bonds is 1. The second-order valence-corrected chi connectivity index (χ2v) is 5.68. The quantitative estimate of drug-likeness (QED) is 0.635. The second-order valence-electron chi connectivity index (χ2n) is 5.68. The first-order valence-corrected chi connectivity index (χ1v) is 6.85. The van der Waals surface area contributed by atoms with Crippen LogP contribution in [0.15, 0.2) is 0 Å². The fraction of sp³-hybridized carbons (Fsp3) is 1.00. The Labute approximate surface area is 96.2 Å². The third-order valence-electron chi connectivity index (χ3n) is 4.14. The van der Waals surface area contributed by atoms with E-state index in [9.17, 15) is 0 Å². The van der Waals surface area contributed by atoms with Crippen LogP contribution >= 0.6 is 0 Å². The third-order valence-corrected chi connectivity index (χ3v) is 4.14. The highest BCUT2D eigenvalue weighted by Gasteiger charge is 2.44. The van der Waals surface area contributed by atoms with Crippen molar-refractivity contribution in [3.05, 3.63) is 0 Å². The van der Waals surface area contributed by atoms with Gasteiger partial charge in [0.1, 0.15) is 0 Å². The van der Waals surface area contributed by atoms with Crippen LogP contribution in [-0.4, -0.2) is 24.0 Å². The molecule has 0 bridgehead atoms. The van der Waals surface area contributed by atoms with Crippen molar-refractivity contribution < 1.29 is 0 Å². The molecule has 2 aliphatic rings. The maximum Gasteiger partial charge on any atom is 0.00532 e. The van der Waals surface area contributed by atoms with Gasteiger partial charge in [0.05, 0.1) is 0 Å². The summed E-state index contributed by atoms with van der Waals surface area (Å²) in [6.07, 6.45) is 5.95. The molecule has 0 radical (unpaired) electrons. The van der Waals surface area contributed by atoms with Gasteiger partial charge in [0.25, 0.3) is 0 Å². The van der Waals surface area contributed by atoms with E-state index >= 15 is 0 Å². The van der Waals surface area contributed by atoms with Gasteiger partial charge < -0.3 is 0 Å². The van der Waals surface area contributed by atoms with E-state index in [-0.39, 0.29) is 0 Å². The minimum Gasteiger partial charge on any atom is -0.300 e. The smallest absolute Gasteiger partial charge is 0.00532 e. The van der Waals surface area contributed by atoms with Gasteiger partial charge in [-0.1, -0.05) is 33.6 Å². The minimum atomic E-state index is 0.761. The molecule has 1 spiro atoms. The van der Waals surface area contributed by atoms with E-state index < -0.39 is 0 Å². The minimum absolute atomic E-state index is 0.761. The predicted octanol–water partition coefficient (Wildman–Crippen LogP) is 3.93. The first-order valence-electron chi connectivity index (χ1n) is 6.85. The zero-order valence-electron chi connectivity index (χ0n) is 11.3. The summed E-state index contributed by atoms with van der Waals surface area (Å²) >= 11 is 0. The Morgan fingerprint density at radius 2 is 1.53 bits per heavy atom. The number of nitrogens with zero attached hydrogens (tertiary/aromatic N) is 1. The molecular weight excluding hydrogens is 182 g/mol. The van der Waals surface area contributed by atoms with Crippen LogP contribution in [0.4, 0.5) is 0 Å². The van der Waals surface area contributed by atoms with Crippen molar-refractivity contribution in [3.8, 4) is 0 Å². The largest absolute Gasteiger partial charge is 0.300 e. The lowest BCUT2D eigenvalue weighted by molar-refractivity contribution is -0.0538. The molecule has 1 saturated carbocycles. The molecule has 2 rings (SSSR count). The van der Waals surface area contributed by atoms with Gasteiger partial charge in [0.2, 0.25) is 0 Å². The van der Waals surface area contributed by atoms with Gasteiger partial charge >= 0.3 is 0 Å². The molecule has 0 aromatic heterocycles. The molecular formula is C14H29N. The van der Waals surface area contributed by atoms with Crippen LogP contribution in [0.25, 0.3) is 0 Å². The lowest BCUT2D eigenvalue weighted by Gasteiger charge is -2.55. The second kappa shape index (κ2) is 5.34. The van der Waals surface area contributed by atoms with E-state index in [0.717, 1.165) is 17.4 Å². The zero-order valence-corrected chi connectivity index (χ0v) is 11.3. The van der Waals surface area contributed by atoms with Crippen molar-refractivity contribution in [3.63, 3.8) is 0 Å². The van der Waals surface area contributed by atoms with Crippen LogP contribution in [0, 0.1) is 11.3 Å². The van der Waals surface area contributed by atoms with Gasteiger partial charge in [-0.2, -0.15) is 0 Å². The summed E-state index contributed by atoms with van der Waals surface area (Å²) in [6, 6.07) is 0.768. The highest BCUT2D eigenvalue weighted by molar-refractivity contribution is 4.98. The van der Waals surface area contributed by atoms with Crippen molar-refractivity contribution in [1.82, 2.24) is 4.90 Å². The fourth-order valence-corrected chi connectivity index (χ4v) is 2.87. The van der Waals surface area contributed by atoms with Crippen molar-refractivity contribution in [2.45, 2.75) is 66.3 Å². The lowest BCUT2D eigenvalue weighted by Crippen LogP contribution is -2.59. The third kappa shape index (κ3) is 2.96. The molecule has 0 amide bonds. The summed E-state index contributed by atoms with van der Waals surface area (Å²) < 4.78 is 0. The van der Waals surface area contributed by atoms with Crippen molar-refractivity contribution in [2.24, 2.45) is 11.3 Å². The molecule has 1 heterocycles. The summed E-state index contributed by atoms with van der Waals surface area (Å²) in [5.41, 5.74) is 0.761. The highest BCUT2D eigenvalue weighted by atomic mass is 15.2. The summed E-state index contributed by atoms with van der Waals surface area (Å²) in [4.78, 5) is 2.62. The average molecular weight is 211 g/mol. The Morgan fingerprint density at radius 1 is 1.07 bits per heavy atom. The first-order chi connectivity index (χ1) is 7.11. The Bertz CT molecular complexity index is 170. The molecule has 1 heteroatoms. The standard InChI is InChI=1S/C12H23N.C2H6/c1-10(2)13-8-12(9-13)6-4-11(3)5-7-12;1-2/h10-11H,4-9H2,1-3H3;1-2H3. The molecule has 1 saturated heterocycles. The number of likely N-dealkylation sites (tertiary alicyclic amines) is 1. The first kappa shape index (κ1) is 13.0. The molecule has 0 atom stereocenters. The summed E-state index contributed by atoms with van der Waals surface area (Å²) in [5.74, 6) is 0.999. The van der Waals surface area contributed by atoms with Crippen molar-refractivity contribution in [2.75, 3.05) is 13.1 Å². The van der Waals surface area contributed by atoms with Gasteiger partial charge in [0.15, 0.2) is 0 Å². The zero-order chi connectivity index (χ0) is 11.5. The Hall–Kier alpha value is -0.0400. The van der Waals surface area contributed by atoms with Gasteiger partial charge in [-0.25, -0.2) is 0 Å². The predicted molar refractivity (Wildman–Crippen MR) is 68.1 cm³/mol. The molecule has 1 aliphatic heterocycles. The van der Waals surface area contributed by atoms with E-state index in [1.807, 2.05) is 13.8 Å². The maximum atomic E-state index is 2.62. The molecule has 2 fully saturated rings.